The molecule has 2 aromatic carbocycles. The molecule has 6 heterocycles. The first-order chi connectivity index (χ1) is 24.6. The summed E-state index contributed by atoms with van der Waals surface area (Å²) in [5.41, 5.74) is 2.74. The molecule has 0 spiro atoms. The first-order valence-corrected chi connectivity index (χ1v) is 18.9. The average molecular weight is 777 g/mol. The molecule has 13 nitrogen and oxygen atoms in total. The molecule has 3 saturated heterocycles. The average Bonchev–Trinajstić information content (AvgIpc) is 3.85. The molecule has 266 valence electrons. The zero-order valence-corrected chi connectivity index (χ0v) is 30.4. The number of halogens is 1. The molecule has 4 aromatic rings. The number of carbonyl (C=O) groups excluding carboxylic acids is 3. The van der Waals surface area contributed by atoms with Crippen molar-refractivity contribution in [3.63, 3.8) is 0 Å². The number of anilines is 2. The Balaban J connectivity index is 0.880. The van der Waals surface area contributed by atoms with Crippen molar-refractivity contribution >= 4 is 61.5 Å². The van der Waals surface area contributed by atoms with Gasteiger partial charge in [-0.05, 0) is 71.9 Å². The van der Waals surface area contributed by atoms with Crippen molar-refractivity contribution in [2.24, 2.45) is 5.92 Å². The zero-order valence-electron chi connectivity index (χ0n) is 28.0. The fraction of sp³-hybridized carbons (Fsp3) is 0.417. The van der Waals surface area contributed by atoms with Gasteiger partial charge in [0.2, 0.25) is 11.8 Å². The number of likely N-dealkylation sites (N-methyl/N-ethyl adjacent to an activating group) is 1. The molecule has 0 bridgehead atoms. The van der Waals surface area contributed by atoms with Gasteiger partial charge >= 0.3 is 0 Å². The Labute approximate surface area is 306 Å². The summed E-state index contributed by atoms with van der Waals surface area (Å²) in [6, 6.07) is 13.0. The number of hydrogen-bond acceptors (Lipinski definition) is 11. The van der Waals surface area contributed by atoms with E-state index in [1.807, 2.05) is 29.6 Å². The third kappa shape index (κ3) is 6.40. The first kappa shape index (κ1) is 33.8. The van der Waals surface area contributed by atoms with Gasteiger partial charge in [-0.2, -0.15) is 0 Å². The van der Waals surface area contributed by atoms with Crippen LogP contribution in [-0.2, 0) is 9.59 Å². The number of nitrogens with one attached hydrogen (secondary N) is 2. The summed E-state index contributed by atoms with van der Waals surface area (Å²) in [6.07, 6.45) is 2.57. The van der Waals surface area contributed by atoms with Crippen LogP contribution in [0.4, 0.5) is 11.5 Å². The fourth-order valence-electron chi connectivity index (χ4n) is 7.97. The summed E-state index contributed by atoms with van der Waals surface area (Å²) in [5, 5.41) is 18.8. The first-order valence-electron chi connectivity index (χ1n) is 17.2. The van der Waals surface area contributed by atoms with Crippen LogP contribution < -0.4 is 25.8 Å². The van der Waals surface area contributed by atoms with E-state index in [1.165, 1.54) is 21.8 Å². The van der Waals surface area contributed by atoms with Crippen molar-refractivity contribution in [3.8, 4) is 5.75 Å². The molecular weight excluding hydrogens is 738 g/mol. The highest BCUT2D eigenvalue weighted by Crippen LogP contribution is 2.41. The molecule has 4 aliphatic rings. The lowest BCUT2D eigenvalue weighted by molar-refractivity contribution is -0.139. The number of ether oxygens (including phenoxy) is 1. The number of likely N-dealkylation sites (tertiary alicyclic amines) is 1. The van der Waals surface area contributed by atoms with Gasteiger partial charge in [0.15, 0.2) is 11.2 Å². The number of benzene rings is 2. The van der Waals surface area contributed by atoms with E-state index in [4.69, 9.17) is 4.74 Å². The molecule has 0 saturated carbocycles. The molecular formula is C36H38BrN7O6S. The van der Waals surface area contributed by atoms with Gasteiger partial charge in [0.25, 0.3) is 11.5 Å². The molecule has 51 heavy (non-hydrogen) atoms. The van der Waals surface area contributed by atoms with E-state index in [9.17, 15) is 24.3 Å². The van der Waals surface area contributed by atoms with Crippen LogP contribution in [0.5, 0.6) is 5.75 Å². The Morgan fingerprint density at radius 3 is 2.71 bits per heavy atom. The quantitative estimate of drug-likeness (QED) is 0.227. The number of carbonyl (C=O) groups is 3. The number of rotatable bonds is 8. The number of aromatic nitrogens is 2. The number of fused-ring (bicyclic) bond motifs is 2. The highest BCUT2D eigenvalue weighted by Gasteiger charge is 2.46. The number of thiazole rings is 1. The van der Waals surface area contributed by atoms with Crippen LogP contribution in [0.25, 0.3) is 4.96 Å². The van der Waals surface area contributed by atoms with E-state index in [2.05, 4.69) is 60.5 Å². The van der Waals surface area contributed by atoms with Crippen LogP contribution in [0.15, 0.2) is 63.3 Å². The Bertz CT molecular complexity index is 2070. The van der Waals surface area contributed by atoms with Gasteiger partial charge in [-0.1, -0.05) is 24.3 Å². The predicted octanol–water partition coefficient (Wildman–Crippen LogP) is 3.58. The van der Waals surface area contributed by atoms with Gasteiger partial charge in [0.05, 0.1) is 12.2 Å². The van der Waals surface area contributed by atoms with Crippen LogP contribution in [0.2, 0.25) is 0 Å². The van der Waals surface area contributed by atoms with Gasteiger partial charge < -0.3 is 25.0 Å². The minimum Gasteiger partial charge on any atom is -0.493 e. The summed E-state index contributed by atoms with van der Waals surface area (Å²) in [7, 11) is 2.11. The maximum atomic E-state index is 13.6. The topological polar surface area (TPSA) is 149 Å². The summed E-state index contributed by atoms with van der Waals surface area (Å²) >= 11 is 4.89. The number of aliphatic hydroxyl groups is 1. The maximum Gasteiger partial charge on any atom is 0.275 e. The molecule has 8 rings (SSSR count). The third-order valence-electron chi connectivity index (χ3n) is 10.5. The van der Waals surface area contributed by atoms with Crippen LogP contribution in [0.1, 0.15) is 59.3 Å². The van der Waals surface area contributed by atoms with E-state index in [1.54, 1.807) is 16.7 Å². The maximum absolute atomic E-state index is 13.6. The zero-order chi connectivity index (χ0) is 35.4. The second-order valence-electron chi connectivity index (χ2n) is 13.9. The largest absolute Gasteiger partial charge is 0.493 e. The summed E-state index contributed by atoms with van der Waals surface area (Å²) in [4.78, 5) is 61.7. The molecule has 3 N–H and O–H groups in total. The second-order valence-corrected chi connectivity index (χ2v) is 15.6. The molecule has 5 atom stereocenters. The van der Waals surface area contributed by atoms with Gasteiger partial charge in [0.1, 0.15) is 22.1 Å². The van der Waals surface area contributed by atoms with Crippen molar-refractivity contribution in [2.45, 2.75) is 49.9 Å². The van der Waals surface area contributed by atoms with Crippen molar-refractivity contribution in [1.29, 1.82) is 0 Å². The summed E-state index contributed by atoms with van der Waals surface area (Å²) in [6.45, 7) is 3.71. The molecule has 0 radical (unpaired) electrons. The minimum atomic E-state index is -1.25. The lowest BCUT2D eigenvalue weighted by Crippen LogP contribution is -2.53. The van der Waals surface area contributed by atoms with Gasteiger partial charge in [-0.25, -0.2) is 4.98 Å². The minimum absolute atomic E-state index is 0.116. The number of aliphatic hydroxyl groups excluding tert-OH is 1. The highest BCUT2D eigenvalue weighted by atomic mass is 79.9. The normalized spacial score (nSPS) is 25.4. The lowest BCUT2D eigenvalue weighted by Gasteiger charge is -2.36. The fourth-order valence-corrected chi connectivity index (χ4v) is 9.07. The van der Waals surface area contributed by atoms with E-state index < -0.39 is 24.1 Å². The van der Waals surface area contributed by atoms with Crippen molar-refractivity contribution in [1.82, 2.24) is 24.5 Å². The van der Waals surface area contributed by atoms with Crippen LogP contribution in [-0.4, -0.2) is 93.9 Å². The molecule has 3 unspecified atom stereocenters. The number of nitrogens with zero attached hydrogens (tertiary/aromatic N) is 5. The predicted molar refractivity (Wildman–Crippen MR) is 195 cm³/mol. The standard InChI is InChI=1S/C36H38BrN7O6S/c1-41-17-22(15-23(18-41)38-31-30(37)35(49)43-13-14-51-36(43)40-31)21-5-7-24(8-6-21)50-19-20-11-12-42(16-20)26-4-2-3-25-29(26)34(48)44(33(25)47)27-9-10-28(45)39-32(27)46/h2-8,13-14,20,22-23,27,33,38,47H,9-12,15-19H2,1H3,(H,39,45,46)/t20?,22-,23+,27?,33?/m0/s1. The van der Waals surface area contributed by atoms with E-state index in [-0.39, 0.29) is 36.3 Å². The Hall–Kier alpha value is -4.31. The number of amides is 3. The Kier molecular flexibility index (Phi) is 9.07. The van der Waals surface area contributed by atoms with Crippen LogP contribution >= 0.6 is 27.3 Å². The molecule has 15 heteroatoms. The third-order valence-corrected chi connectivity index (χ3v) is 11.9. The SMILES string of the molecule is CN1C[C@H](Nc2nc3sccn3c(=O)c2Br)C[C@H](c2ccc(OCC3CCN(c4cccc5c4C(=O)N(C4CCC(=O)NC4=O)C5O)C3)cc2)C1. The van der Waals surface area contributed by atoms with Crippen molar-refractivity contribution in [3.05, 3.63) is 85.6 Å². The van der Waals surface area contributed by atoms with E-state index >= 15 is 0 Å². The molecule has 3 amide bonds. The Morgan fingerprint density at radius 2 is 1.90 bits per heavy atom. The van der Waals surface area contributed by atoms with Gasteiger partial charge in [-0.3, -0.25) is 33.8 Å². The molecule has 2 aromatic heterocycles. The molecule has 3 fully saturated rings. The highest BCUT2D eigenvalue weighted by molar-refractivity contribution is 9.10. The van der Waals surface area contributed by atoms with Crippen LogP contribution in [0.3, 0.4) is 0 Å². The molecule has 0 aliphatic carbocycles. The van der Waals surface area contributed by atoms with Crippen molar-refractivity contribution < 1.29 is 24.2 Å². The monoisotopic (exact) mass is 775 g/mol. The van der Waals surface area contributed by atoms with Crippen molar-refractivity contribution in [2.75, 3.05) is 50.1 Å². The van der Waals surface area contributed by atoms with E-state index in [0.717, 1.165) is 43.9 Å². The number of hydrogen-bond donors (Lipinski definition) is 3. The van der Waals surface area contributed by atoms with E-state index in [0.29, 0.717) is 45.4 Å². The number of imide groups is 1. The van der Waals surface area contributed by atoms with Crippen LogP contribution in [0, 0.1) is 5.92 Å². The van der Waals surface area contributed by atoms with Gasteiger partial charge in [-0.15, -0.1) is 11.3 Å². The summed E-state index contributed by atoms with van der Waals surface area (Å²) in [5.74, 6) is 0.587. The van der Waals surface area contributed by atoms with Gasteiger partial charge in [0, 0.05) is 67.4 Å². The number of piperidine rings is 2. The lowest BCUT2D eigenvalue weighted by atomic mass is 9.88. The second kappa shape index (κ2) is 13.7. The molecule has 4 aliphatic heterocycles. The summed E-state index contributed by atoms with van der Waals surface area (Å²) < 4.78 is 8.24. The Morgan fingerprint density at radius 1 is 1.08 bits per heavy atom. The smallest absolute Gasteiger partial charge is 0.275 e.